The van der Waals surface area contributed by atoms with E-state index in [9.17, 15) is 0 Å². The Morgan fingerprint density at radius 3 is 2.14 bits per heavy atom. The van der Waals surface area contributed by atoms with Crippen LogP contribution in [-0.4, -0.2) is 19.5 Å². The van der Waals surface area contributed by atoms with Gasteiger partial charge in [0.1, 0.15) is 5.82 Å². The number of nitrogens with one attached hydrogen (secondary N) is 1. The SMILES string of the molecule is Cn1c(-c2cc(C(C)(C)C)cc3c2[nH]c2ccc(C(C)(C)C)cc23)nc2c(-c3cccc(-c4ccccn4)c3)cccc21. The first-order chi connectivity index (χ1) is 20.5. The van der Waals surface area contributed by atoms with Crippen molar-refractivity contribution in [2.75, 3.05) is 0 Å². The lowest BCUT2D eigenvalue weighted by Gasteiger charge is -2.21. The zero-order valence-corrected chi connectivity index (χ0v) is 26.1. The zero-order chi connectivity index (χ0) is 30.1. The van der Waals surface area contributed by atoms with Crippen molar-refractivity contribution in [3.63, 3.8) is 0 Å². The summed E-state index contributed by atoms with van der Waals surface area (Å²) < 4.78 is 2.24. The number of imidazole rings is 1. The molecule has 0 aliphatic heterocycles. The van der Waals surface area contributed by atoms with Gasteiger partial charge in [-0.15, -0.1) is 0 Å². The van der Waals surface area contributed by atoms with Gasteiger partial charge in [0.15, 0.2) is 0 Å². The van der Waals surface area contributed by atoms with Crippen molar-refractivity contribution in [1.82, 2.24) is 19.5 Å². The molecule has 43 heavy (non-hydrogen) atoms. The van der Waals surface area contributed by atoms with Crippen molar-refractivity contribution in [2.24, 2.45) is 7.05 Å². The van der Waals surface area contributed by atoms with E-state index in [2.05, 4.69) is 142 Å². The lowest BCUT2D eigenvalue weighted by atomic mass is 9.84. The van der Waals surface area contributed by atoms with Crippen LogP contribution in [0.2, 0.25) is 0 Å². The number of rotatable bonds is 3. The maximum atomic E-state index is 5.39. The van der Waals surface area contributed by atoms with Crippen LogP contribution in [-0.2, 0) is 17.9 Å². The Morgan fingerprint density at radius 1 is 0.651 bits per heavy atom. The Morgan fingerprint density at radius 2 is 1.40 bits per heavy atom. The van der Waals surface area contributed by atoms with Crippen LogP contribution in [0.3, 0.4) is 0 Å². The Bertz CT molecular complexity index is 2150. The van der Waals surface area contributed by atoms with Gasteiger partial charge in [0, 0.05) is 46.2 Å². The molecule has 0 aliphatic rings. The molecule has 0 unspecified atom stereocenters. The number of nitrogens with zero attached hydrogens (tertiary/aromatic N) is 3. The van der Waals surface area contributed by atoms with Crippen LogP contribution >= 0.6 is 0 Å². The second kappa shape index (κ2) is 9.67. The minimum Gasteiger partial charge on any atom is -0.354 e. The van der Waals surface area contributed by atoms with Crippen LogP contribution in [0.25, 0.3) is 66.6 Å². The van der Waals surface area contributed by atoms with Crippen molar-refractivity contribution in [1.29, 1.82) is 0 Å². The van der Waals surface area contributed by atoms with Gasteiger partial charge in [-0.1, -0.05) is 84.0 Å². The topological polar surface area (TPSA) is 46.5 Å². The van der Waals surface area contributed by atoms with Gasteiger partial charge in [-0.25, -0.2) is 4.98 Å². The predicted molar refractivity (Wildman–Crippen MR) is 182 cm³/mol. The third-order valence-electron chi connectivity index (χ3n) is 8.73. The van der Waals surface area contributed by atoms with Gasteiger partial charge in [0.2, 0.25) is 0 Å². The molecular formula is C39H38N4. The van der Waals surface area contributed by atoms with Gasteiger partial charge in [-0.05, 0) is 76.1 Å². The van der Waals surface area contributed by atoms with Crippen molar-refractivity contribution in [3.8, 4) is 33.8 Å². The van der Waals surface area contributed by atoms with E-state index in [4.69, 9.17) is 4.98 Å². The van der Waals surface area contributed by atoms with E-state index in [-0.39, 0.29) is 10.8 Å². The Labute approximate surface area is 253 Å². The summed E-state index contributed by atoms with van der Waals surface area (Å²) in [6, 6.07) is 32.7. The summed E-state index contributed by atoms with van der Waals surface area (Å²) in [4.78, 5) is 13.7. The molecule has 0 saturated heterocycles. The number of hydrogen-bond donors (Lipinski definition) is 1. The number of pyridine rings is 1. The van der Waals surface area contributed by atoms with Crippen LogP contribution in [0.5, 0.6) is 0 Å². The largest absolute Gasteiger partial charge is 0.354 e. The first-order valence-corrected chi connectivity index (χ1v) is 15.1. The van der Waals surface area contributed by atoms with Gasteiger partial charge in [-0.3, -0.25) is 4.98 Å². The number of aryl methyl sites for hydroxylation is 1. The number of hydrogen-bond acceptors (Lipinski definition) is 2. The van der Waals surface area contributed by atoms with E-state index in [0.717, 1.165) is 55.8 Å². The molecule has 0 spiro atoms. The molecule has 214 valence electrons. The van der Waals surface area contributed by atoms with Gasteiger partial charge in [0.05, 0.1) is 22.2 Å². The molecule has 0 bridgehead atoms. The van der Waals surface area contributed by atoms with Crippen molar-refractivity contribution in [3.05, 3.63) is 108 Å². The molecule has 0 aliphatic carbocycles. The average Bonchev–Trinajstić information content (AvgIpc) is 3.53. The summed E-state index contributed by atoms with van der Waals surface area (Å²) >= 11 is 0. The van der Waals surface area contributed by atoms with Crippen molar-refractivity contribution < 1.29 is 0 Å². The third-order valence-corrected chi connectivity index (χ3v) is 8.73. The van der Waals surface area contributed by atoms with Crippen LogP contribution in [0, 0.1) is 0 Å². The zero-order valence-electron chi connectivity index (χ0n) is 26.1. The number of H-pyrrole nitrogens is 1. The lowest BCUT2D eigenvalue weighted by Crippen LogP contribution is -2.11. The second-order valence-electron chi connectivity index (χ2n) is 13.8. The van der Waals surface area contributed by atoms with E-state index < -0.39 is 0 Å². The van der Waals surface area contributed by atoms with E-state index >= 15 is 0 Å². The Hall–Kier alpha value is -4.70. The second-order valence-corrected chi connectivity index (χ2v) is 13.8. The molecule has 4 aromatic carbocycles. The molecule has 0 fully saturated rings. The molecule has 0 atom stereocenters. The summed E-state index contributed by atoms with van der Waals surface area (Å²) in [5.41, 5.74) is 12.5. The van der Waals surface area contributed by atoms with Gasteiger partial charge in [-0.2, -0.15) is 0 Å². The minimum absolute atomic E-state index is 0.0180. The first kappa shape index (κ1) is 27.2. The average molecular weight is 563 g/mol. The van der Waals surface area contributed by atoms with Crippen LogP contribution in [0.15, 0.2) is 97.2 Å². The molecule has 4 nitrogen and oxygen atoms in total. The van der Waals surface area contributed by atoms with Crippen LogP contribution < -0.4 is 0 Å². The van der Waals surface area contributed by atoms with E-state index in [1.807, 2.05) is 18.3 Å². The lowest BCUT2D eigenvalue weighted by molar-refractivity contribution is 0.590. The van der Waals surface area contributed by atoms with Crippen LogP contribution in [0.1, 0.15) is 52.7 Å². The Balaban J connectivity index is 1.47. The number of fused-ring (bicyclic) bond motifs is 4. The molecule has 1 N–H and O–H groups in total. The molecule has 0 radical (unpaired) electrons. The molecule has 0 saturated carbocycles. The number of aromatic amines is 1. The first-order valence-electron chi connectivity index (χ1n) is 15.1. The van der Waals surface area contributed by atoms with Gasteiger partial charge < -0.3 is 9.55 Å². The molecule has 0 amide bonds. The number of benzene rings is 4. The summed E-state index contributed by atoms with van der Waals surface area (Å²) in [5.74, 6) is 0.960. The Kier molecular flexibility index (Phi) is 6.10. The molecule has 7 aromatic rings. The molecular weight excluding hydrogens is 524 g/mol. The van der Waals surface area contributed by atoms with Gasteiger partial charge >= 0.3 is 0 Å². The summed E-state index contributed by atoms with van der Waals surface area (Å²) in [6.45, 7) is 13.7. The molecule has 3 heterocycles. The van der Waals surface area contributed by atoms with E-state index in [1.54, 1.807) is 0 Å². The van der Waals surface area contributed by atoms with Crippen molar-refractivity contribution >= 4 is 32.8 Å². The fourth-order valence-corrected chi connectivity index (χ4v) is 6.14. The normalized spacial score (nSPS) is 12.5. The number of aromatic nitrogens is 4. The monoisotopic (exact) mass is 562 g/mol. The molecule has 7 rings (SSSR count). The maximum absolute atomic E-state index is 5.39. The fraction of sp³-hybridized carbons (Fsp3) is 0.231. The van der Waals surface area contributed by atoms with E-state index in [0.29, 0.717) is 0 Å². The maximum Gasteiger partial charge on any atom is 0.143 e. The highest BCUT2D eigenvalue weighted by Crippen LogP contribution is 2.40. The standard InChI is InChI=1S/C39H38N4/c1-38(2,3)26-17-18-33-29(21-26)30-22-27(39(4,5)6)23-31(35(30)41-33)37-42-36-28(14-11-16-34(36)43(37)7)24-12-10-13-25(20-24)32-15-8-9-19-40-32/h8-23,41H,1-7H3. The predicted octanol–water partition coefficient (Wildman–Crippen LogP) is 10.2. The number of para-hydroxylation sites is 1. The summed E-state index contributed by atoms with van der Waals surface area (Å²) in [7, 11) is 2.13. The summed E-state index contributed by atoms with van der Waals surface area (Å²) in [5, 5.41) is 2.51. The van der Waals surface area contributed by atoms with E-state index in [1.165, 1.54) is 21.9 Å². The highest BCUT2D eigenvalue weighted by molar-refractivity contribution is 6.12. The third kappa shape index (κ3) is 4.62. The molecule has 4 heteroatoms. The van der Waals surface area contributed by atoms with Crippen molar-refractivity contribution in [2.45, 2.75) is 52.4 Å². The summed E-state index contributed by atoms with van der Waals surface area (Å²) in [6.07, 6.45) is 1.84. The highest BCUT2D eigenvalue weighted by Gasteiger charge is 2.23. The molecule has 3 aromatic heterocycles. The smallest absolute Gasteiger partial charge is 0.143 e. The highest BCUT2D eigenvalue weighted by atomic mass is 15.1. The minimum atomic E-state index is -0.0180. The van der Waals surface area contributed by atoms with Gasteiger partial charge in [0.25, 0.3) is 0 Å². The quantitative estimate of drug-likeness (QED) is 0.233. The fourth-order valence-electron chi connectivity index (χ4n) is 6.14. The van der Waals surface area contributed by atoms with Crippen LogP contribution in [0.4, 0.5) is 0 Å².